The fourth-order valence-corrected chi connectivity index (χ4v) is 0.896. The molecule has 1 N–H and O–H groups in total. The summed E-state index contributed by atoms with van der Waals surface area (Å²) in [6, 6.07) is 0. The quantitative estimate of drug-likeness (QED) is 0.626. The van der Waals surface area contributed by atoms with Gasteiger partial charge in [-0.05, 0) is 20.5 Å². The summed E-state index contributed by atoms with van der Waals surface area (Å²) in [5.74, 6) is 0.107. The minimum Gasteiger partial charge on any atom is -0.396 e. The highest BCUT2D eigenvalue weighted by atomic mass is 16.3. The van der Waals surface area contributed by atoms with Gasteiger partial charge in [0.05, 0.1) is 0 Å². The number of aliphatic hydroxyl groups is 1. The molecule has 4 heteroatoms. The van der Waals surface area contributed by atoms with Crippen molar-refractivity contribution >= 4 is 5.91 Å². The zero-order valence-corrected chi connectivity index (χ0v) is 8.79. The first-order valence-electron chi connectivity index (χ1n) is 4.57. The van der Waals surface area contributed by atoms with E-state index < -0.39 is 0 Å². The van der Waals surface area contributed by atoms with Crippen LogP contribution in [-0.4, -0.2) is 61.7 Å². The van der Waals surface area contributed by atoms with Crippen LogP contribution in [0, 0.1) is 0 Å². The Kier molecular flexibility index (Phi) is 6.54. The molecule has 0 unspecified atom stereocenters. The van der Waals surface area contributed by atoms with Gasteiger partial charge in [-0.1, -0.05) is 0 Å². The van der Waals surface area contributed by atoms with Crippen molar-refractivity contribution in [3.05, 3.63) is 0 Å². The fraction of sp³-hybridized carbons (Fsp3) is 0.889. The summed E-state index contributed by atoms with van der Waals surface area (Å²) < 4.78 is 0. The fourth-order valence-electron chi connectivity index (χ4n) is 0.896. The lowest BCUT2D eigenvalue weighted by Gasteiger charge is -2.19. The number of aliphatic hydroxyl groups excluding tert-OH is 1. The molecule has 0 aromatic heterocycles. The highest BCUT2D eigenvalue weighted by Gasteiger charge is 2.07. The van der Waals surface area contributed by atoms with Gasteiger partial charge in [0.15, 0.2) is 0 Å². The Morgan fingerprint density at radius 3 is 2.31 bits per heavy atom. The first-order chi connectivity index (χ1) is 6.07. The van der Waals surface area contributed by atoms with Crippen LogP contribution in [0.5, 0.6) is 0 Å². The van der Waals surface area contributed by atoms with Gasteiger partial charge in [0, 0.05) is 33.2 Å². The molecule has 0 aliphatic rings. The normalized spacial score (nSPS) is 10.5. The smallest absolute Gasteiger partial charge is 0.222 e. The monoisotopic (exact) mass is 188 g/mol. The number of carbonyl (C=O) groups excluding carboxylic acids is 1. The van der Waals surface area contributed by atoms with E-state index in [0.29, 0.717) is 12.8 Å². The molecule has 13 heavy (non-hydrogen) atoms. The maximum Gasteiger partial charge on any atom is 0.222 e. The highest BCUT2D eigenvalue weighted by Crippen LogP contribution is 1.94. The van der Waals surface area contributed by atoms with Gasteiger partial charge in [0.2, 0.25) is 5.91 Å². The first-order valence-corrected chi connectivity index (χ1v) is 4.57. The van der Waals surface area contributed by atoms with Crippen LogP contribution >= 0.6 is 0 Å². The van der Waals surface area contributed by atoms with E-state index in [0.717, 1.165) is 13.1 Å². The van der Waals surface area contributed by atoms with E-state index in [1.807, 2.05) is 19.0 Å². The van der Waals surface area contributed by atoms with Crippen molar-refractivity contribution < 1.29 is 9.90 Å². The SMILES string of the molecule is CN(C)CCN(C)C(=O)CCCO. The second kappa shape index (κ2) is 6.86. The molecule has 0 aliphatic heterocycles. The van der Waals surface area contributed by atoms with Crippen LogP contribution < -0.4 is 0 Å². The number of nitrogens with zero attached hydrogens (tertiary/aromatic N) is 2. The molecule has 1 amide bonds. The van der Waals surface area contributed by atoms with Crippen molar-refractivity contribution in [1.29, 1.82) is 0 Å². The van der Waals surface area contributed by atoms with Crippen LogP contribution in [0.25, 0.3) is 0 Å². The van der Waals surface area contributed by atoms with E-state index in [-0.39, 0.29) is 12.5 Å². The van der Waals surface area contributed by atoms with E-state index in [9.17, 15) is 4.79 Å². The second-order valence-electron chi connectivity index (χ2n) is 3.45. The van der Waals surface area contributed by atoms with Crippen molar-refractivity contribution in [2.75, 3.05) is 40.8 Å². The minimum atomic E-state index is 0.0905. The molecule has 0 aromatic rings. The Morgan fingerprint density at radius 1 is 1.23 bits per heavy atom. The third kappa shape index (κ3) is 6.54. The standard InChI is InChI=1S/C9H20N2O2/c1-10(2)6-7-11(3)9(13)5-4-8-12/h12H,4-8H2,1-3H3. The first kappa shape index (κ1) is 12.4. The third-order valence-corrected chi connectivity index (χ3v) is 1.86. The number of amides is 1. The Morgan fingerprint density at radius 2 is 1.85 bits per heavy atom. The molecule has 4 nitrogen and oxygen atoms in total. The van der Waals surface area contributed by atoms with Gasteiger partial charge in [0.25, 0.3) is 0 Å². The molecule has 0 saturated carbocycles. The molecule has 0 heterocycles. The maximum atomic E-state index is 11.3. The van der Waals surface area contributed by atoms with Crippen LogP contribution in [0.4, 0.5) is 0 Å². The largest absolute Gasteiger partial charge is 0.396 e. The average Bonchev–Trinajstić information content (AvgIpc) is 2.10. The van der Waals surface area contributed by atoms with E-state index >= 15 is 0 Å². The number of rotatable bonds is 6. The maximum absolute atomic E-state index is 11.3. The van der Waals surface area contributed by atoms with Crippen LogP contribution in [0.2, 0.25) is 0 Å². The number of hydrogen-bond donors (Lipinski definition) is 1. The summed E-state index contributed by atoms with van der Waals surface area (Å²) in [7, 11) is 5.75. The zero-order valence-electron chi connectivity index (χ0n) is 8.79. The van der Waals surface area contributed by atoms with Crippen molar-refractivity contribution in [2.24, 2.45) is 0 Å². The van der Waals surface area contributed by atoms with Gasteiger partial charge in [0.1, 0.15) is 0 Å². The Bertz CT molecular complexity index is 149. The Hall–Kier alpha value is -0.610. The van der Waals surface area contributed by atoms with E-state index in [4.69, 9.17) is 5.11 Å². The highest BCUT2D eigenvalue weighted by molar-refractivity contribution is 5.75. The van der Waals surface area contributed by atoms with Gasteiger partial charge in [-0.3, -0.25) is 4.79 Å². The molecule has 0 radical (unpaired) electrons. The minimum absolute atomic E-state index is 0.0905. The Balaban J connectivity index is 3.57. The summed E-state index contributed by atoms with van der Waals surface area (Å²) in [5.41, 5.74) is 0. The summed E-state index contributed by atoms with van der Waals surface area (Å²) in [4.78, 5) is 15.1. The van der Waals surface area contributed by atoms with E-state index in [1.165, 1.54) is 0 Å². The molecule has 0 saturated heterocycles. The molecular formula is C9H20N2O2. The van der Waals surface area contributed by atoms with Crippen molar-refractivity contribution in [3.63, 3.8) is 0 Å². The van der Waals surface area contributed by atoms with E-state index in [1.54, 1.807) is 11.9 Å². The average molecular weight is 188 g/mol. The second-order valence-corrected chi connectivity index (χ2v) is 3.45. The molecular weight excluding hydrogens is 168 g/mol. The van der Waals surface area contributed by atoms with Crippen LogP contribution in [-0.2, 0) is 4.79 Å². The molecule has 0 fully saturated rings. The molecule has 0 spiro atoms. The van der Waals surface area contributed by atoms with Crippen LogP contribution in [0.3, 0.4) is 0 Å². The van der Waals surface area contributed by atoms with E-state index in [2.05, 4.69) is 0 Å². The topological polar surface area (TPSA) is 43.8 Å². The lowest BCUT2D eigenvalue weighted by atomic mass is 10.3. The van der Waals surface area contributed by atoms with Gasteiger partial charge in [-0.15, -0.1) is 0 Å². The van der Waals surface area contributed by atoms with Crippen LogP contribution in [0.1, 0.15) is 12.8 Å². The zero-order chi connectivity index (χ0) is 10.3. The summed E-state index contributed by atoms with van der Waals surface area (Å²) in [6.07, 6.45) is 1.01. The molecule has 78 valence electrons. The molecule has 0 rings (SSSR count). The van der Waals surface area contributed by atoms with Gasteiger partial charge < -0.3 is 14.9 Å². The van der Waals surface area contributed by atoms with Crippen molar-refractivity contribution in [1.82, 2.24) is 9.80 Å². The van der Waals surface area contributed by atoms with Crippen LogP contribution in [0.15, 0.2) is 0 Å². The lowest BCUT2D eigenvalue weighted by Crippen LogP contribution is -2.33. The van der Waals surface area contributed by atoms with Crippen molar-refractivity contribution in [3.8, 4) is 0 Å². The molecule has 0 aromatic carbocycles. The van der Waals surface area contributed by atoms with Crippen molar-refractivity contribution in [2.45, 2.75) is 12.8 Å². The number of likely N-dealkylation sites (N-methyl/N-ethyl adjacent to an activating group) is 2. The van der Waals surface area contributed by atoms with Gasteiger partial charge in [-0.2, -0.15) is 0 Å². The lowest BCUT2D eigenvalue weighted by molar-refractivity contribution is -0.130. The van der Waals surface area contributed by atoms with Gasteiger partial charge in [-0.25, -0.2) is 0 Å². The van der Waals surface area contributed by atoms with Gasteiger partial charge >= 0.3 is 0 Å². The summed E-state index contributed by atoms with van der Waals surface area (Å²) >= 11 is 0. The summed E-state index contributed by atoms with van der Waals surface area (Å²) in [5, 5.41) is 8.54. The number of carbonyl (C=O) groups is 1. The number of hydrogen-bond acceptors (Lipinski definition) is 3. The Labute approximate surface area is 80.1 Å². The summed E-state index contributed by atoms with van der Waals surface area (Å²) in [6.45, 7) is 1.71. The molecule has 0 atom stereocenters. The predicted octanol–water partition coefficient (Wildman–Crippen LogP) is -0.221. The third-order valence-electron chi connectivity index (χ3n) is 1.86. The predicted molar refractivity (Wildman–Crippen MR) is 52.5 cm³/mol. The molecule has 0 aliphatic carbocycles. The molecule has 0 bridgehead atoms.